The maximum Gasteiger partial charge on any atom is 0.0105 e. The van der Waals surface area contributed by atoms with Crippen molar-refractivity contribution in [2.24, 2.45) is 11.7 Å². The summed E-state index contributed by atoms with van der Waals surface area (Å²) in [7, 11) is 2.02. The van der Waals surface area contributed by atoms with Crippen LogP contribution in [0.2, 0.25) is 0 Å². The van der Waals surface area contributed by atoms with Crippen LogP contribution < -0.4 is 11.1 Å². The first kappa shape index (κ1) is 9.96. The molecule has 1 rings (SSSR count). The van der Waals surface area contributed by atoms with Gasteiger partial charge in [0, 0.05) is 19.6 Å². The van der Waals surface area contributed by atoms with Crippen LogP contribution in [0.15, 0.2) is 0 Å². The maximum absolute atomic E-state index is 5.50. The molecule has 1 heterocycles. The molecule has 0 spiro atoms. The van der Waals surface area contributed by atoms with E-state index in [0.717, 1.165) is 25.6 Å². The highest BCUT2D eigenvalue weighted by molar-refractivity contribution is 4.75. The van der Waals surface area contributed by atoms with Crippen LogP contribution in [0.25, 0.3) is 0 Å². The van der Waals surface area contributed by atoms with Crippen molar-refractivity contribution in [2.45, 2.75) is 12.8 Å². The molecule has 1 atom stereocenters. The fraction of sp³-hybridized carbons (Fsp3) is 1.00. The molecule has 0 radical (unpaired) electrons. The largest absolute Gasteiger partial charge is 0.329 e. The lowest BCUT2D eigenvalue weighted by Crippen LogP contribution is -2.27. The number of rotatable bonds is 5. The van der Waals surface area contributed by atoms with Gasteiger partial charge in [-0.25, -0.2) is 0 Å². The van der Waals surface area contributed by atoms with Gasteiger partial charge < -0.3 is 16.0 Å². The molecule has 0 aromatic heterocycles. The first-order chi connectivity index (χ1) is 5.86. The molecule has 72 valence electrons. The zero-order chi connectivity index (χ0) is 8.81. The van der Waals surface area contributed by atoms with E-state index in [9.17, 15) is 0 Å². The van der Waals surface area contributed by atoms with Crippen LogP contribution in [0.5, 0.6) is 0 Å². The van der Waals surface area contributed by atoms with E-state index < -0.39 is 0 Å². The van der Waals surface area contributed by atoms with Gasteiger partial charge in [0.15, 0.2) is 0 Å². The molecular weight excluding hydrogens is 150 g/mol. The van der Waals surface area contributed by atoms with Crippen molar-refractivity contribution >= 4 is 0 Å². The summed E-state index contributed by atoms with van der Waals surface area (Å²) in [6, 6.07) is 0. The molecule has 12 heavy (non-hydrogen) atoms. The van der Waals surface area contributed by atoms with Crippen molar-refractivity contribution in [3.63, 3.8) is 0 Å². The predicted molar refractivity (Wildman–Crippen MR) is 52.1 cm³/mol. The van der Waals surface area contributed by atoms with Gasteiger partial charge in [-0.2, -0.15) is 0 Å². The van der Waals surface area contributed by atoms with Crippen molar-refractivity contribution in [1.29, 1.82) is 0 Å². The number of nitrogens with two attached hydrogens (primary N) is 1. The average molecular weight is 171 g/mol. The third-order valence-corrected chi connectivity index (χ3v) is 2.62. The molecular formula is C9H21N3. The second-order valence-electron chi connectivity index (χ2n) is 3.64. The number of likely N-dealkylation sites (tertiary alicyclic amines) is 1. The van der Waals surface area contributed by atoms with Crippen LogP contribution in [-0.2, 0) is 0 Å². The Morgan fingerprint density at radius 2 is 2.42 bits per heavy atom. The van der Waals surface area contributed by atoms with Gasteiger partial charge in [-0.15, -0.1) is 0 Å². The fourth-order valence-corrected chi connectivity index (χ4v) is 1.88. The molecule has 0 saturated carbocycles. The first-order valence-corrected chi connectivity index (χ1v) is 4.94. The van der Waals surface area contributed by atoms with E-state index in [0.29, 0.717) is 0 Å². The second-order valence-corrected chi connectivity index (χ2v) is 3.64. The lowest BCUT2D eigenvalue weighted by molar-refractivity contribution is 0.329. The topological polar surface area (TPSA) is 41.3 Å². The zero-order valence-corrected chi connectivity index (χ0v) is 8.05. The van der Waals surface area contributed by atoms with Crippen molar-refractivity contribution in [2.75, 3.05) is 39.8 Å². The number of hydrogen-bond acceptors (Lipinski definition) is 3. The summed E-state index contributed by atoms with van der Waals surface area (Å²) < 4.78 is 0. The maximum atomic E-state index is 5.50. The second kappa shape index (κ2) is 5.51. The van der Waals surface area contributed by atoms with Crippen LogP contribution in [-0.4, -0.2) is 44.7 Å². The Balaban J connectivity index is 2.08. The van der Waals surface area contributed by atoms with Crippen molar-refractivity contribution < 1.29 is 0 Å². The van der Waals surface area contributed by atoms with E-state index >= 15 is 0 Å². The minimum Gasteiger partial charge on any atom is -0.329 e. The standard InChI is InChI=1S/C9H21N3/c1-11-5-2-9-3-6-12(8-9)7-4-10/h9,11H,2-8,10H2,1H3. The molecule has 1 unspecified atom stereocenters. The lowest BCUT2D eigenvalue weighted by Gasteiger charge is -2.14. The molecule has 1 fully saturated rings. The summed E-state index contributed by atoms with van der Waals surface area (Å²) in [5.74, 6) is 0.906. The van der Waals surface area contributed by atoms with Gasteiger partial charge in [0.2, 0.25) is 0 Å². The summed E-state index contributed by atoms with van der Waals surface area (Å²) in [5.41, 5.74) is 5.50. The Bertz CT molecular complexity index is 116. The zero-order valence-electron chi connectivity index (χ0n) is 8.05. The summed E-state index contributed by atoms with van der Waals surface area (Å²) in [6.45, 7) is 5.56. The van der Waals surface area contributed by atoms with Crippen LogP contribution in [0.1, 0.15) is 12.8 Å². The molecule has 3 heteroatoms. The molecule has 1 aliphatic heterocycles. The molecule has 0 aliphatic carbocycles. The van der Waals surface area contributed by atoms with Gasteiger partial charge in [-0.1, -0.05) is 0 Å². The van der Waals surface area contributed by atoms with Crippen LogP contribution in [0.3, 0.4) is 0 Å². The van der Waals surface area contributed by atoms with E-state index in [1.807, 2.05) is 7.05 Å². The quantitative estimate of drug-likeness (QED) is 0.606. The molecule has 0 amide bonds. The Morgan fingerprint density at radius 1 is 1.58 bits per heavy atom. The van der Waals surface area contributed by atoms with Crippen LogP contribution >= 0.6 is 0 Å². The third-order valence-electron chi connectivity index (χ3n) is 2.62. The van der Waals surface area contributed by atoms with Crippen LogP contribution in [0, 0.1) is 5.92 Å². The molecule has 0 bridgehead atoms. The van der Waals surface area contributed by atoms with Crippen molar-refractivity contribution in [3.8, 4) is 0 Å². The Hall–Kier alpha value is -0.120. The van der Waals surface area contributed by atoms with Crippen LogP contribution in [0.4, 0.5) is 0 Å². The monoisotopic (exact) mass is 171 g/mol. The number of nitrogens with one attached hydrogen (secondary N) is 1. The van der Waals surface area contributed by atoms with Gasteiger partial charge in [0.25, 0.3) is 0 Å². The summed E-state index contributed by atoms with van der Waals surface area (Å²) in [6.07, 6.45) is 2.68. The molecule has 1 saturated heterocycles. The van der Waals surface area contributed by atoms with E-state index in [1.165, 1.54) is 25.9 Å². The van der Waals surface area contributed by atoms with E-state index in [-0.39, 0.29) is 0 Å². The fourth-order valence-electron chi connectivity index (χ4n) is 1.88. The Kier molecular flexibility index (Phi) is 4.58. The van der Waals surface area contributed by atoms with E-state index in [1.54, 1.807) is 0 Å². The SMILES string of the molecule is CNCCC1CCN(CCN)C1. The number of hydrogen-bond donors (Lipinski definition) is 2. The minimum absolute atomic E-state index is 0.804. The molecule has 3 nitrogen and oxygen atoms in total. The molecule has 1 aliphatic rings. The van der Waals surface area contributed by atoms with Crippen molar-refractivity contribution in [3.05, 3.63) is 0 Å². The van der Waals surface area contributed by atoms with Gasteiger partial charge in [0.1, 0.15) is 0 Å². The first-order valence-electron chi connectivity index (χ1n) is 4.94. The Labute approximate surface area is 75.3 Å². The van der Waals surface area contributed by atoms with Gasteiger partial charge >= 0.3 is 0 Å². The highest BCUT2D eigenvalue weighted by Crippen LogP contribution is 2.17. The average Bonchev–Trinajstić information content (AvgIpc) is 2.50. The van der Waals surface area contributed by atoms with Gasteiger partial charge in [-0.3, -0.25) is 0 Å². The molecule has 0 aromatic carbocycles. The van der Waals surface area contributed by atoms with Gasteiger partial charge in [-0.05, 0) is 38.9 Å². The highest BCUT2D eigenvalue weighted by Gasteiger charge is 2.20. The highest BCUT2D eigenvalue weighted by atomic mass is 15.1. The predicted octanol–water partition coefficient (Wildman–Crippen LogP) is -0.123. The lowest BCUT2D eigenvalue weighted by atomic mass is 10.1. The van der Waals surface area contributed by atoms with Gasteiger partial charge in [0.05, 0.1) is 0 Å². The summed E-state index contributed by atoms with van der Waals surface area (Å²) >= 11 is 0. The summed E-state index contributed by atoms with van der Waals surface area (Å²) in [5, 5.41) is 3.20. The van der Waals surface area contributed by atoms with Crippen molar-refractivity contribution in [1.82, 2.24) is 10.2 Å². The normalized spacial score (nSPS) is 25.0. The van der Waals surface area contributed by atoms with E-state index in [4.69, 9.17) is 5.73 Å². The van der Waals surface area contributed by atoms with E-state index in [2.05, 4.69) is 10.2 Å². The molecule has 3 N–H and O–H groups in total. The minimum atomic E-state index is 0.804. The number of nitrogens with zero attached hydrogens (tertiary/aromatic N) is 1. The third kappa shape index (κ3) is 3.09. The molecule has 0 aromatic rings. The smallest absolute Gasteiger partial charge is 0.0105 e. The summed E-state index contributed by atoms with van der Waals surface area (Å²) in [4.78, 5) is 2.47. The Morgan fingerprint density at radius 3 is 3.08 bits per heavy atom.